The molecule has 0 aromatic rings. The molecule has 11 heteroatoms. The highest BCUT2D eigenvalue weighted by atomic mass is 35.5. The molecule has 0 unspecified atom stereocenters. The third kappa shape index (κ3) is 0.670. The maximum absolute atomic E-state index is 13.1. The number of ether oxygens (including phenoxy) is 2. The highest BCUT2D eigenvalue weighted by Gasteiger charge is 3.32. The van der Waals surface area contributed by atoms with Crippen molar-refractivity contribution in [3.63, 3.8) is 0 Å². The smallest absolute Gasteiger partial charge is 0.215 e. The van der Waals surface area contributed by atoms with Gasteiger partial charge >= 0.3 is 0 Å². The zero-order chi connectivity index (χ0) is 16.9. The molecule has 0 radical (unpaired) electrons. The standard InChI is InChI=1S/C12H4Cl8O3/c13-4-3(21)5(14)7(16)6(4,15)10(19)8(4,17)9(5,18)12(11(7,10)20)22-1-2-23-12/h1-2H2/t4-,5-,6-,7+,8-,9+,10-,11+/m1/s1. The number of rotatable bonds is 0. The summed E-state index contributed by atoms with van der Waals surface area (Å²) in [5.41, 5.74) is 0. The molecule has 0 aromatic heterocycles. The summed E-state index contributed by atoms with van der Waals surface area (Å²) in [4.78, 5) is -1.14. The van der Waals surface area contributed by atoms with E-state index in [2.05, 4.69) is 0 Å². The minimum atomic E-state index is -1.98. The molecule has 7 fully saturated rings. The van der Waals surface area contributed by atoms with Crippen molar-refractivity contribution in [3.05, 3.63) is 0 Å². The first-order valence-electron chi connectivity index (χ1n) is 6.70. The molecule has 1 saturated heterocycles. The Morgan fingerprint density at radius 1 is 0.609 bits per heavy atom. The third-order valence-corrected chi connectivity index (χ3v) is 14.5. The average molecular weight is 480 g/mol. The van der Waals surface area contributed by atoms with E-state index in [1.54, 1.807) is 0 Å². The second-order valence-electron chi connectivity index (χ2n) is 6.91. The molecule has 1 aliphatic heterocycles. The molecule has 7 aliphatic rings. The Bertz CT molecular complexity index is 788. The van der Waals surface area contributed by atoms with Gasteiger partial charge in [-0.15, -0.1) is 92.8 Å². The highest BCUT2D eigenvalue weighted by molar-refractivity contribution is 6.79. The second-order valence-corrected chi connectivity index (χ2v) is 11.4. The number of alkyl halides is 8. The van der Waals surface area contributed by atoms with E-state index in [4.69, 9.17) is 102 Å². The summed E-state index contributed by atoms with van der Waals surface area (Å²) < 4.78 is 11.6. The number of ketones is 1. The van der Waals surface area contributed by atoms with Gasteiger partial charge in [0.05, 0.1) is 13.2 Å². The van der Waals surface area contributed by atoms with E-state index in [0.29, 0.717) is 0 Å². The summed E-state index contributed by atoms with van der Waals surface area (Å²) >= 11 is 54.5. The fraction of sp³-hybridized carbons (Fsp3) is 0.917. The molecule has 6 saturated carbocycles. The number of carbonyl (C=O) groups is 1. The monoisotopic (exact) mass is 476 g/mol. The fourth-order valence-corrected chi connectivity index (χ4v) is 13.5. The number of carbonyl (C=O) groups excluding carboxylic acids is 1. The number of hydrogen-bond donors (Lipinski definition) is 0. The molecule has 23 heavy (non-hydrogen) atoms. The van der Waals surface area contributed by atoms with E-state index in [1.165, 1.54) is 0 Å². The van der Waals surface area contributed by atoms with Crippen LogP contribution in [0.2, 0.25) is 0 Å². The molecule has 126 valence electrons. The third-order valence-electron chi connectivity index (χ3n) is 6.97. The lowest BCUT2D eigenvalue weighted by Gasteiger charge is -2.84. The van der Waals surface area contributed by atoms with Crippen molar-refractivity contribution in [1.29, 1.82) is 0 Å². The van der Waals surface area contributed by atoms with Gasteiger partial charge in [0.1, 0.15) is 24.4 Å². The van der Waals surface area contributed by atoms with Gasteiger partial charge in [0.2, 0.25) is 5.79 Å². The van der Waals surface area contributed by atoms with Crippen LogP contribution in [-0.4, -0.2) is 63.8 Å². The Morgan fingerprint density at radius 2 is 1.00 bits per heavy atom. The minimum Gasteiger partial charge on any atom is -0.344 e. The van der Waals surface area contributed by atoms with E-state index >= 15 is 0 Å². The first-order valence-corrected chi connectivity index (χ1v) is 9.73. The van der Waals surface area contributed by atoms with Crippen molar-refractivity contribution in [3.8, 4) is 0 Å². The van der Waals surface area contributed by atoms with E-state index in [0.717, 1.165) is 0 Å². The number of hydrogen-bond acceptors (Lipinski definition) is 3. The van der Waals surface area contributed by atoms with E-state index in [-0.39, 0.29) is 13.2 Å². The van der Waals surface area contributed by atoms with Crippen LogP contribution >= 0.6 is 92.8 Å². The van der Waals surface area contributed by atoms with Gasteiger partial charge in [-0.25, -0.2) is 0 Å². The van der Waals surface area contributed by atoms with Crippen molar-refractivity contribution >= 4 is 98.6 Å². The van der Waals surface area contributed by atoms with Crippen LogP contribution in [0.3, 0.4) is 0 Å². The summed E-state index contributed by atoms with van der Waals surface area (Å²) in [5, 5.41) is 0. The van der Waals surface area contributed by atoms with E-state index in [9.17, 15) is 4.79 Å². The topological polar surface area (TPSA) is 35.5 Å². The Balaban J connectivity index is 1.89. The average Bonchev–Trinajstić information content (AvgIpc) is 3.12. The maximum atomic E-state index is 13.1. The molecule has 1 heterocycles. The number of Topliss-reactive ketones (excluding diaryl/α,β-unsaturated/α-hetero) is 1. The predicted molar refractivity (Wildman–Crippen MR) is 88.3 cm³/mol. The lowest BCUT2D eigenvalue weighted by atomic mass is 9.37. The van der Waals surface area contributed by atoms with Gasteiger partial charge in [0, 0.05) is 0 Å². The molecule has 0 aromatic carbocycles. The molecule has 8 atom stereocenters. The summed E-state index contributed by atoms with van der Waals surface area (Å²) in [6, 6.07) is 0. The predicted octanol–water partition coefficient (Wildman–Crippen LogP) is 3.19. The summed E-state index contributed by atoms with van der Waals surface area (Å²) in [7, 11) is 0. The molecule has 3 nitrogen and oxygen atoms in total. The molecular weight excluding hydrogens is 476 g/mol. The molecule has 4 bridgehead atoms. The second kappa shape index (κ2) is 3.17. The lowest BCUT2D eigenvalue weighted by Crippen LogP contribution is -3.07. The zero-order valence-corrected chi connectivity index (χ0v) is 16.7. The van der Waals surface area contributed by atoms with Crippen molar-refractivity contribution < 1.29 is 14.3 Å². The van der Waals surface area contributed by atoms with Gasteiger partial charge in [-0.1, -0.05) is 0 Å². The van der Waals surface area contributed by atoms with Crippen LogP contribution in [0.15, 0.2) is 0 Å². The summed E-state index contributed by atoms with van der Waals surface area (Å²) in [5.74, 6) is -2.45. The van der Waals surface area contributed by atoms with Crippen LogP contribution in [-0.2, 0) is 14.3 Å². The Hall–Kier alpha value is 1.91. The van der Waals surface area contributed by atoms with E-state index in [1.807, 2.05) is 0 Å². The van der Waals surface area contributed by atoms with Crippen LogP contribution in [0.25, 0.3) is 0 Å². The van der Waals surface area contributed by atoms with Gasteiger partial charge in [-0.2, -0.15) is 0 Å². The SMILES string of the molecule is O=C1[C@@]2(Cl)[C@]3(Cl)[C@]4(Cl)[C@]5(Cl)C6(OCCO6)[C@](Cl)([C@]1(Cl)[C@@]53Cl)[C@]24Cl. The zero-order valence-electron chi connectivity index (χ0n) is 10.7. The van der Waals surface area contributed by atoms with Gasteiger partial charge in [0.25, 0.3) is 0 Å². The summed E-state index contributed by atoms with van der Waals surface area (Å²) in [6.07, 6.45) is 0. The van der Waals surface area contributed by atoms with Crippen LogP contribution in [0.1, 0.15) is 0 Å². The van der Waals surface area contributed by atoms with Crippen LogP contribution in [0.4, 0.5) is 0 Å². The normalized spacial score (nSPS) is 77.8. The van der Waals surface area contributed by atoms with Crippen LogP contribution in [0.5, 0.6) is 0 Å². The Morgan fingerprint density at radius 3 is 1.52 bits per heavy atom. The van der Waals surface area contributed by atoms with E-state index < -0.39 is 50.6 Å². The van der Waals surface area contributed by atoms with Crippen LogP contribution in [0, 0.1) is 0 Å². The first kappa shape index (κ1) is 15.9. The summed E-state index contributed by atoms with van der Waals surface area (Å²) in [6.45, 7) is 0.336. The van der Waals surface area contributed by atoms with Crippen molar-refractivity contribution in [1.82, 2.24) is 0 Å². The highest BCUT2D eigenvalue weighted by Crippen LogP contribution is 3.09. The lowest BCUT2D eigenvalue weighted by molar-refractivity contribution is -0.188. The molecule has 0 amide bonds. The number of halogens is 8. The van der Waals surface area contributed by atoms with Crippen molar-refractivity contribution in [2.24, 2.45) is 0 Å². The largest absolute Gasteiger partial charge is 0.344 e. The first-order chi connectivity index (χ1) is 10.4. The van der Waals surface area contributed by atoms with Crippen molar-refractivity contribution in [2.45, 2.75) is 44.8 Å². The fourth-order valence-electron chi connectivity index (χ4n) is 6.49. The van der Waals surface area contributed by atoms with Crippen molar-refractivity contribution in [2.75, 3.05) is 13.2 Å². The molecule has 1 spiro atoms. The molecular formula is C12H4Cl8O3. The van der Waals surface area contributed by atoms with Gasteiger partial charge < -0.3 is 9.47 Å². The van der Waals surface area contributed by atoms with Gasteiger partial charge in [0.15, 0.2) is 20.4 Å². The Labute approximate surface area is 170 Å². The molecule has 7 rings (SSSR count). The molecule has 6 aliphatic carbocycles. The minimum absolute atomic E-state index is 0.168. The Kier molecular flexibility index (Phi) is 2.19. The maximum Gasteiger partial charge on any atom is 0.215 e. The molecule has 0 N–H and O–H groups in total. The quantitative estimate of drug-likeness (QED) is 0.501. The van der Waals surface area contributed by atoms with Gasteiger partial charge in [-0.3, -0.25) is 4.79 Å². The van der Waals surface area contributed by atoms with Gasteiger partial charge in [-0.05, 0) is 0 Å². The van der Waals surface area contributed by atoms with Crippen LogP contribution < -0.4 is 0 Å².